The third-order valence-electron chi connectivity index (χ3n) is 4.14. The summed E-state index contributed by atoms with van der Waals surface area (Å²) in [6, 6.07) is 6.78. The van der Waals surface area contributed by atoms with E-state index in [4.69, 9.17) is 0 Å². The summed E-state index contributed by atoms with van der Waals surface area (Å²) in [4.78, 5) is 6.61. The number of guanidine groups is 1. The van der Waals surface area contributed by atoms with Crippen molar-refractivity contribution >= 4 is 5.96 Å². The number of halogens is 1. The van der Waals surface area contributed by atoms with Gasteiger partial charge in [0.05, 0.1) is 0 Å². The first-order chi connectivity index (χ1) is 10.9. The molecule has 5 heteroatoms. The SMILES string of the molecule is CCN(CC)CCNC(=NC)NCC(C)(C)c1cccc(F)c1. The van der Waals surface area contributed by atoms with E-state index in [1.807, 2.05) is 6.07 Å². The van der Waals surface area contributed by atoms with E-state index in [1.54, 1.807) is 19.2 Å². The predicted molar refractivity (Wildman–Crippen MR) is 96.6 cm³/mol. The van der Waals surface area contributed by atoms with Crippen molar-refractivity contribution in [1.29, 1.82) is 0 Å². The molecule has 0 aliphatic carbocycles. The smallest absolute Gasteiger partial charge is 0.191 e. The van der Waals surface area contributed by atoms with Gasteiger partial charge in [-0.05, 0) is 30.8 Å². The van der Waals surface area contributed by atoms with Crippen LogP contribution in [0.5, 0.6) is 0 Å². The lowest BCUT2D eigenvalue weighted by molar-refractivity contribution is 0.308. The minimum absolute atomic E-state index is 0.182. The molecule has 0 fully saturated rings. The second-order valence-electron chi connectivity index (χ2n) is 6.27. The molecule has 0 saturated heterocycles. The maximum absolute atomic E-state index is 13.4. The molecule has 1 rings (SSSR count). The van der Waals surface area contributed by atoms with Crippen LogP contribution in [0.3, 0.4) is 0 Å². The molecule has 2 N–H and O–H groups in total. The van der Waals surface area contributed by atoms with Gasteiger partial charge in [0.1, 0.15) is 5.82 Å². The summed E-state index contributed by atoms with van der Waals surface area (Å²) in [5.74, 6) is 0.582. The molecule has 0 aliphatic heterocycles. The van der Waals surface area contributed by atoms with Gasteiger partial charge in [0, 0.05) is 32.1 Å². The largest absolute Gasteiger partial charge is 0.356 e. The van der Waals surface area contributed by atoms with Crippen molar-refractivity contribution in [3.63, 3.8) is 0 Å². The molecule has 0 atom stereocenters. The van der Waals surface area contributed by atoms with Gasteiger partial charge in [0.25, 0.3) is 0 Å². The number of rotatable bonds is 8. The predicted octanol–water partition coefficient (Wildman–Crippen LogP) is 2.61. The van der Waals surface area contributed by atoms with E-state index in [2.05, 4.69) is 48.2 Å². The Labute approximate surface area is 140 Å². The van der Waals surface area contributed by atoms with Gasteiger partial charge < -0.3 is 15.5 Å². The molecule has 0 saturated carbocycles. The molecule has 23 heavy (non-hydrogen) atoms. The Morgan fingerprint density at radius 3 is 2.48 bits per heavy atom. The average Bonchev–Trinajstić information content (AvgIpc) is 2.54. The Morgan fingerprint density at radius 2 is 1.91 bits per heavy atom. The van der Waals surface area contributed by atoms with Crippen LogP contribution in [0.4, 0.5) is 4.39 Å². The van der Waals surface area contributed by atoms with E-state index in [1.165, 1.54) is 6.07 Å². The minimum Gasteiger partial charge on any atom is -0.356 e. The maximum Gasteiger partial charge on any atom is 0.191 e. The molecular weight excluding hydrogens is 291 g/mol. The van der Waals surface area contributed by atoms with E-state index in [0.29, 0.717) is 6.54 Å². The summed E-state index contributed by atoms with van der Waals surface area (Å²) in [5, 5.41) is 6.66. The van der Waals surface area contributed by atoms with Gasteiger partial charge in [-0.1, -0.05) is 39.8 Å². The fourth-order valence-electron chi connectivity index (χ4n) is 2.41. The second kappa shape index (κ2) is 9.50. The molecule has 0 radical (unpaired) electrons. The highest BCUT2D eigenvalue weighted by molar-refractivity contribution is 5.79. The zero-order valence-electron chi connectivity index (χ0n) is 15.1. The summed E-state index contributed by atoms with van der Waals surface area (Å²) in [6.07, 6.45) is 0. The Kier molecular flexibility index (Phi) is 8.03. The van der Waals surface area contributed by atoms with Crippen LogP contribution >= 0.6 is 0 Å². The first kappa shape index (κ1) is 19.4. The second-order valence-corrected chi connectivity index (χ2v) is 6.27. The van der Waals surface area contributed by atoms with Gasteiger partial charge in [0.15, 0.2) is 5.96 Å². The summed E-state index contributed by atoms with van der Waals surface area (Å²) in [7, 11) is 1.77. The highest BCUT2D eigenvalue weighted by Crippen LogP contribution is 2.22. The number of hydrogen-bond acceptors (Lipinski definition) is 2. The molecule has 1 aromatic rings. The van der Waals surface area contributed by atoms with Gasteiger partial charge in [-0.2, -0.15) is 0 Å². The zero-order valence-corrected chi connectivity index (χ0v) is 15.1. The lowest BCUT2D eigenvalue weighted by atomic mass is 9.84. The number of hydrogen-bond donors (Lipinski definition) is 2. The number of likely N-dealkylation sites (N-methyl/N-ethyl adjacent to an activating group) is 1. The van der Waals surface area contributed by atoms with Crippen LogP contribution in [0.15, 0.2) is 29.3 Å². The van der Waals surface area contributed by atoms with Crippen molar-refractivity contribution in [2.45, 2.75) is 33.1 Å². The molecule has 0 heterocycles. The van der Waals surface area contributed by atoms with E-state index in [-0.39, 0.29) is 11.2 Å². The minimum atomic E-state index is -0.197. The Balaban J connectivity index is 2.50. The van der Waals surface area contributed by atoms with Gasteiger partial charge in [-0.15, -0.1) is 0 Å². The van der Waals surface area contributed by atoms with E-state index < -0.39 is 0 Å². The van der Waals surface area contributed by atoms with Gasteiger partial charge in [-0.3, -0.25) is 4.99 Å². The zero-order chi connectivity index (χ0) is 17.3. The summed E-state index contributed by atoms with van der Waals surface area (Å²) in [5.41, 5.74) is 0.794. The first-order valence-corrected chi connectivity index (χ1v) is 8.35. The molecule has 0 aliphatic rings. The van der Waals surface area contributed by atoms with Crippen molar-refractivity contribution in [2.24, 2.45) is 4.99 Å². The third-order valence-corrected chi connectivity index (χ3v) is 4.14. The summed E-state index contributed by atoms with van der Waals surface area (Å²) in [6.45, 7) is 13.1. The van der Waals surface area contributed by atoms with Crippen molar-refractivity contribution in [2.75, 3.05) is 39.8 Å². The van der Waals surface area contributed by atoms with Crippen LogP contribution in [-0.2, 0) is 5.41 Å². The standard InChI is InChI=1S/C18H31FN4/c1-6-23(7-2)12-11-21-17(20-5)22-14-18(3,4)15-9-8-10-16(19)13-15/h8-10,13H,6-7,11-12,14H2,1-5H3,(H2,20,21,22). The lowest BCUT2D eigenvalue weighted by Crippen LogP contribution is -2.45. The number of benzene rings is 1. The van der Waals surface area contributed by atoms with Crippen molar-refractivity contribution in [3.8, 4) is 0 Å². The number of aliphatic imine (C=N–C) groups is 1. The number of nitrogens with one attached hydrogen (secondary N) is 2. The fraction of sp³-hybridized carbons (Fsp3) is 0.611. The van der Waals surface area contributed by atoms with Crippen molar-refractivity contribution < 1.29 is 4.39 Å². The van der Waals surface area contributed by atoms with Crippen LogP contribution in [0.25, 0.3) is 0 Å². The third kappa shape index (κ3) is 6.57. The molecule has 0 unspecified atom stereocenters. The first-order valence-electron chi connectivity index (χ1n) is 8.35. The number of nitrogens with zero attached hydrogens (tertiary/aromatic N) is 2. The van der Waals surface area contributed by atoms with Crippen LogP contribution in [0, 0.1) is 5.82 Å². The Hall–Kier alpha value is -1.62. The van der Waals surface area contributed by atoms with Crippen LogP contribution in [-0.4, -0.2) is 50.6 Å². The normalized spacial score (nSPS) is 12.6. The topological polar surface area (TPSA) is 39.7 Å². The summed E-state index contributed by atoms with van der Waals surface area (Å²) < 4.78 is 13.4. The van der Waals surface area contributed by atoms with Gasteiger partial charge >= 0.3 is 0 Å². The lowest BCUT2D eigenvalue weighted by Gasteiger charge is -2.27. The molecule has 1 aromatic carbocycles. The molecule has 0 spiro atoms. The van der Waals surface area contributed by atoms with Crippen molar-refractivity contribution in [1.82, 2.24) is 15.5 Å². The van der Waals surface area contributed by atoms with Crippen LogP contribution < -0.4 is 10.6 Å². The van der Waals surface area contributed by atoms with E-state index >= 15 is 0 Å². The molecule has 0 bridgehead atoms. The van der Waals surface area contributed by atoms with Gasteiger partial charge in [-0.25, -0.2) is 4.39 Å². The highest BCUT2D eigenvalue weighted by atomic mass is 19.1. The van der Waals surface area contributed by atoms with Gasteiger partial charge in [0.2, 0.25) is 0 Å². The highest BCUT2D eigenvalue weighted by Gasteiger charge is 2.21. The van der Waals surface area contributed by atoms with E-state index in [0.717, 1.165) is 37.7 Å². The molecule has 0 aromatic heterocycles. The van der Waals surface area contributed by atoms with E-state index in [9.17, 15) is 4.39 Å². The quantitative estimate of drug-likeness (QED) is 0.571. The molecule has 130 valence electrons. The van der Waals surface area contributed by atoms with Crippen LogP contribution in [0.2, 0.25) is 0 Å². The monoisotopic (exact) mass is 322 g/mol. The van der Waals surface area contributed by atoms with Crippen molar-refractivity contribution in [3.05, 3.63) is 35.6 Å². The average molecular weight is 322 g/mol. The fourth-order valence-corrected chi connectivity index (χ4v) is 2.41. The molecule has 0 amide bonds. The molecular formula is C18H31FN4. The summed E-state index contributed by atoms with van der Waals surface area (Å²) >= 11 is 0. The Morgan fingerprint density at radius 1 is 1.22 bits per heavy atom. The maximum atomic E-state index is 13.4. The Bertz CT molecular complexity index is 496. The molecule has 4 nitrogen and oxygen atoms in total. The van der Waals surface area contributed by atoms with Crippen LogP contribution in [0.1, 0.15) is 33.3 Å².